The molecule has 1 aromatic rings. The summed E-state index contributed by atoms with van der Waals surface area (Å²) in [7, 11) is 1.83. The van der Waals surface area contributed by atoms with E-state index in [0.717, 1.165) is 18.6 Å². The van der Waals surface area contributed by atoms with Crippen molar-refractivity contribution >= 4 is 11.8 Å². The van der Waals surface area contributed by atoms with Crippen molar-refractivity contribution in [3.63, 3.8) is 0 Å². The highest BCUT2D eigenvalue weighted by Crippen LogP contribution is 2.57. The van der Waals surface area contributed by atoms with Gasteiger partial charge in [0.1, 0.15) is 0 Å². The van der Waals surface area contributed by atoms with Crippen molar-refractivity contribution in [1.82, 2.24) is 15.1 Å². The first kappa shape index (κ1) is 12.5. The number of nitrogens with zero attached hydrogens (tertiary/aromatic N) is 2. The fraction of sp³-hybridized carbons (Fsp3) is 0.692. The van der Waals surface area contributed by atoms with Gasteiger partial charge in [-0.15, -0.1) is 0 Å². The number of aromatic nitrogens is 2. The monoisotopic (exact) mass is 264 g/mol. The summed E-state index contributed by atoms with van der Waals surface area (Å²) in [6.45, 7) is 6.72. The van der Waals surface area contributed by atoms with Crippen LogP contribution in [0.2, 0.25) is 0 Å². The standard InChI is InChI=1S/C13H20N4O2/c1-8-6-17(4)16-10(8)14-11(18)15-13-5-9(13)7-19-12(13,2)3/h6,9H,5,7H2,1-4H3,(H2,14,15,16,18). The van der Waals surface area contributed by atoms with Crippen LogP contribution >= 0.6 is 0 Å². The van der Waals surface area contributed by atoms with E-state index in [-0.39, 0.29) is 17.2 Å². The number of rotatable bonds is 2. The largest absolute Gasteiger partial charge is 0.373 e. The molecule has 6 nitrogen and oxygen atoms in total. The summed E-state index contributed by atoms with van der Waals surface area (Å²) >= 11 is 0. The molecule has 1 saturated heterocycles. The minimum atomic E-state index is -0.297. The molecule has 3 rings (SSSR count). The van der Waals surface area contributed by atoms with Gasteiger partial charge in [0.2, 0.25) is 0 Å². The van der Waals surface area contributed by atoms with E-state index in [1.54, 1.807) is 4.68 Å². The third-order valence-corrected chi connectivity index (χ3v) is 4.41. The molecule has 0 spiro atoms. The third-order valence-electron chi connectivity index (χ3n) is 4.41. The Morgan fingerprint density at radius 2 is 2.32 bits per heavy atom. The maximum Gasteiger partial charge on any atom is 0.321 e. The SMILES string of the molecule is Cc1cn(C)nc1NC(=O)NC12CC1COC2(C)C. The Hall–Kier alpha value is -1.56. The number of aryl methyl sites for hydroxylation is 2. The third kappa shape index (κ3) is 1.82. The minimum Gasteiger partial charge on any atom is -0.373 e. The van der Waals surface area contributed by atoms with E-state index in [0.29, 0.717) is 11.7 Å². The molecule has 2 atom stereocenters. The second-order valence-corrected chi connectivity index (χ2v) is 6.11. The number of urea groups is 1. The summed E-state index contributed by atoms with van der Waals surface area (Å²) < 4.78 is 7.41. The van der Waals surface area contributed by atoms with Gasteiger partial charge in [-0.1, -0.05) is 0 Å². The Morgan fingerprint density at radius 1 is 1.58 bits per heavy atom. The zero-order chi connectivity index (χ0) is 13.8. The molecule has 2 unspecified atom stereocenters. The van der Waals surface area contributed by atoms with Crippen LogP contribution in [-0.2, 0) is 11.8 Å². The van der Waals surface area contributed by atoms with Crippen LogP contribution in [0.25, 0.3) is 0 Å². The van der Waals surface area contributed by atoms with Crippen molar-refractivity contribution in [2.24, 2.45) is 13.0 Å². The fourth-order valence-electron chi connectivity index (χ4n) is 3.08. The Balaban J connectivity index is 1.69. The van der Waals surface area contributed by atoms with E-state index in [2.05, 4.69) is 15.7 Å². The molecule has 0 bridgehead atoms. The predicted molar refractivity (Wildman–Crippen MR) is 71.0 cm³/mol. The number of nitrogens with one attached hydrogen (secondary N) is 2. The van der Waals surface area contributed by atoms with E-state index in [1.807, 2.05) is 34.0 Å². The van der Waals surface area contributed by atoms with E-state index in [1.165, 1.54) is 0 Å². The molecule has 1 saturated carbocycles. The Kier molecular flexibility index (Phi) is 2.44. The van der Waals surface area contributed by atoms with Crippen molar-refractivity contribution in [1.29, 1.82) is 0 Å². The van der Waals surface area contributed by atoms with E-state index < -0.39 is 0 Å². The smallest absolute Gasteiger partial charge is 0.321 e. The first-order chi connectivity index (χ1) is 8.84. The first-order valence-electron chi connectivity index (χ1n) is 6.57. The van der Waals surface area contributed by atoms with Gasteiger partial charge in [0.05, 0.1) is 17.7 Å². The quantitative estimate of drug-likeness (QED) is 0.848. The average Bonchev–Trinajstić information content (AvgIpc) is 2.83. The van der Waals surface area contributed by atoms with Crippen molar-refractivity contribution < 1.29 is 9.53 Å². The molecule has 19 heavy (non-hydrogen) atoms. The van der Waals surface area contributed by atoms with Crippen molar-refractivity contribution in [3.05, 3.63) is 11.8 Å². The van der Waals surface area contributed by atoms with E-state index in [4.69, 9.17) is 4.74 Å². The van der Waals surface area contributed by atoms with E-state index in [9.17, 15) is 4.79 Å². The van der Waals surface area contributed by atoms with Gasteiger partial charge in [-0.05, 0) is 27.2 Å². The zero-order valence-corrected chi connectivity index (χ0v) is 11.8. The lowest BCUT2D eigenvalue weighted by Gasteiger charge is -2.30. The van der Waals surface area contributed by atoms with Crippen molar-refractivity contribution in [2.75, 3.05) is 11.9 Å². The van der Waals surface area contributed by atoms with Crippen LogP contribution in [0.1, 0.15) is 25.8 Å². The Labute approximate surface area is 112 Å². The molecule has 1 aliphatic carbocycles. The van der Waals surface area contributed by atoms with Gasteiger partial charge in [-0.2, -0.15) is 5.10 Å². The number of amides is 2. The van der Waals surface area contributed by atoms with Crippen molar-refractivity contribution in [3.8, 4) is 0 Å². The van der Waals surface area contributed by atoms with Gasteiger partial charge in [-0.3, -0.25) is 10.00 Å². The summed E-state index contributed by atoms with van der Waals surface area (Å²) in [6.07, 6.45) is 2.87. The highest BCUT2D eigenvalue weighted by atomic mass is 16.5. The minimum absolute atomic E-state index is 0.206. The molecule has 1 aromatic heterocycles. The number of carbonyl (C=O) groups is 1. The summed E-state index contributed by atoms with van der Waals surface area (Å²) in [4.78, 5) is 12.1. The second-order valence-electron chi connectivity index (χ2n) is 6.11. The molecule has 0 aromatic carbocycles. The number of fused-ring (bicyclic) bond motifs is 1. The molecule has 2 heterocycles. The van der Waals surface area contributed by atoms with E-state index >= 15 is 0 Å². The number of anilines is 1. The summed E-state index contributed by atoms with van der Waals surface area (Å²) in [5, 5.41) is 10.1. The maximum atomic E-state index is 12.1. The van der Waals surface area contributed by atoms with Crippen LogP contribution in [0.3, 0.4) is 0 Å². The molecule has 2 aliphatic rings. The number of hydrogen-bond donors (Lipinski definition) is 2. The number of ether oxygens (including phenoxy) is 1. The fourth-order valence-corrected chi connectivity index (χ4v) is 3.08. The van der Waals surface area contributed by atoms with Crippen LogP contribution < -0.4 is 10.6 Å². The Morgan fingerprint density at radius 3 is 2.79 bits per heavy atom. The normalized spacial score (nSPS) is 30.8. The van der Waals surface area contributed by atoms with Gasteiger partial charge >= 0.3 is 6.03 Å². The number of carbonyl (C=O) groups excluding carboxylic acids is 1. The molecule has 0 radical (unpaired) electrons. The van der Waals surface area contributed by atoms with Crippen LogP contribution in [0.4, 0.5) is 10.6 Å². The molecule has 2 N–H and O–H groups in total. The maximum absolute atomic E-state index is 12.1. The molecule has 104 valence electrons. The molecular weight excluding hydrogens is 244 g/mol. The molecule has 2 fully saturated rings. The summed E-state index contributed by atoms with van der Waals surface area (Å²) in [5.74, 6) is 1.04. The summed E-state index contributed by atoms with van der Waals surface area (Å²) in [6, 6.07) is -0.206. The lowest BCUT2D eigenvalue weighted by molar-refractivity contribution is -0.00667. The lowest BCUT2D eigenvalue weighted by Crippen LogP contribution is -2.52. The molecule has 6 heteroatoms. The molecule has 2 amide bonds. The second kappa shape index (κ2) is 3.72. The predicted octanol–water partition coefficient (Wildman–Crippen LogP) is 1.42. The van der Waals surface area contributed by atoms with Crippen LogP contribution in [0.15, 0.2) is 6.20 Å². The van der Waals surface area contributed by atoms with Gasteiger partial charge in [0.25, 0.3) is 0 Å². The van der Waals surface area contributed by atoms with Crippen LogP contribution in [-0.4, -0.2) is 33.6 Å². The van der Waals surface area contributed by atoms with Gasteiger partial charge in [-0.25, -0.2) is 4.79 Å². The van der Waals surface area contributed by atoms with Gasteiger partial charge in [0, 0.05) is 24.7 Å². The van der Waals surface area contributed by atoms with Gasteiger partial charge in [0.15, 0.2) is 5.82 Å². The van der Waals surface area contributed by atoms with Gasteiger partial charge < -0.3 is 10.1 Å². The van der Waals surface area contributed by atoms with Crippen molar-refractivity contribution in [2.45, 2.75) is 38.3 Å². The highest BCUT2D eigenvalue weighted by molar-refractivity contribution is 5.90. The van der Waals surface area contributed by atoms with Crippen LogP contribution in [0, 0.1) is 12.8 Å². The topological polar surface area (TPSA) is 68.2 Å². The molecular formula is C13H20N4O2. The van der Waals surface area contributed by atoms with Crippen LogP contribution in [0.5, 0.6) is 0 Å². The number of hydrogen-bond acceptors (Lipinski definition) is 3. The average molecular weight is 264 g/mol. The summed E-state index contributed by atoms with van der Waals surface area (Å²) in [5.41, 5.74) is 0.443. The lowest BCUT2D eigenvalue weighted by atomic mass is 9.96. The Bertz CT molecular complexity index is 537. The zero-order valence-electron chi connectivity index (χ0n) is 11.8. The highest BCUT2D eigenvalue weighted by Gasteiger charge is 2.69. The molecule has 1 aliphatic heterocycles. The first-order valence-corrected chi connectivity index (χ1v) is 6.57.